The molecule has 2 N–H and O–H groups in total. The highest BCUT2D eigenvalue weighted by molar-refractivity contribution is 6.02. The van der Waals surface area contributed by atoms with Gasteiger partial charge in [-0.1, -0.05) is 12.1 Å². The van der Waals surface area contributed by atoms with Crippen LogP contribution in [0.2, 0.25) is 0 Å². The molecule has 132 valence electrons. The molecule has 1 heterocycles. The van der Waals surface area contributed by atoms with E-state index in [1.165, 1.54) is 17.3 Å². The first-order valence-electron chi connectivity index (χ1n) is 8.47. The molecule has 0 fully saturated rings. The molecule has 1 aromatic heterocycles. The molecule has 1 amide bonds. The zero-order chi connectivity index (χ0) is 18.7. The highest BCUT2D eigenvalue weighted by Crippen LogP contribution is 2.18. The van der Waals surface area contributed by atoms with Crippen LogP contribution in [-0.2, 0) is 0 Å². The topological polar surface area (TPSA) is 66.9 Å². The number of aromatic nitrogens is 2. The van der Waals surface area contributed by atoms with Crippen LogP contribution in [0.3, 0.4) is 0 Å². The number of carbonyl (C=O) groups is 1. The van der Waals surface area contributed by atoms with Crippen LogP contribution in [0.4, 0.5) is 17.2 Å². The number of nitrogens with zero attached hydrogens (tertiary/aromatic N) is 2. The van der Waals surface area contributed by atoms with Gasteiger partial charge in [-0.05, 0) is 74.2 Å². The van der Waals surface area contributed by atoms with Gasteiger partial charge in [0.05, 0.1) is 12.4 Å². The van der Waals surface area contributed by atoms with E-state index >= 15 is 0 Å². The summed E-state index contributed by atoms with van der Waals surface area (Å²) >= 11 is 0. The Bertz CT molecular complexity index is 928. The summed E-state index contributed by atoms with van der Waals surface area (Å²) in [6.07, 6.45) is 3.03. The maximum atomic E-state index is 12.4. The summed E-state index contributed by atoms with van der Waals surface area (Å²) in [6.45, 7) is 8.13. The van der Waals surface area contributed by atoms with Gasteiger partial charge in [0.1, 0.15) is 11.5 Å². The van der Waals surface area contributed by atoms with Crippen molar-refractivity contribution in [2.75, 3.05) is 10.6 Å². The van der Waals surface area contributed by atoms with E-state index in [2.05, 4.69) is 52.6 Å². The van der Waals surface area contributed by atoms with Gasteiger partial charge in [0.15, 0.2) is 0 Å². The molecule has 3 aromatic rings. The number of carbonyl (C=O) groups excluding carboxylic acids is 1. The van der Waals surface area contributed by atoms with E-state index in [9.17, 15) is 4.79 Å². The average Bonchev–Trinajstić information content (AvgIpc) is 2.58. The normalized spacial score (nSPS) is 10.5. The van der Waals surface area contributed by atoms with Gasteiger partial charge >= 0.3 is 0 Å². The fourth-order valence-electron chi connectivity index (χ4n) is 2.72. The Morgan fingerprint density at radius 2 is 1.54 bits per heavy atom. The first kappa shape index (κ1) is 17.6. The number of amides is 1. The number of anilines is 3. The highest BCUT2D eigenvalue weighted by Gasteiger charge is 2.09. The van der Waals surface area contributed by atoms with Gasteiger partial charge < -0.3 is 10.6 Å². The summed E-state index contributed by atoms with van der Waals surface area (Å²) in [4.78, 5) is 20.9. The first-order valence-corrected chi connectivity index (χ1v) is 8.47. The number of aryl methyl sites for hydroxylation is 4. The van der Waals surface area contributed by atoms with Gasteiger partial charge in [-0.2, -0.15) is 0 Å². The summed E-state index contributed by atoms with van der Waals surface area (Å²) in [5.74, 6) is 0.316. The lowest BCUT2D eigenvalue weighted by Gasteiger charge is -2.09. The van der Waals surface area contributed by atoms with Crippen molar-refractivity contribution in [3.8, 4) is 0 Å². The van der Waals surface area contributed by atoms with E-state index in [0.29, 0.717) is 5.82 Å². The predicted molar refractivity (Wildman–Crippen MR) is 105 cm³/mol. The Hall–Kier alpha value is -3.21. The second kappa shape index (κ2) is 7.35. The summed E-state index contributed by atoms with van der Waals surface area (Å²) in [5.41, 5.74) is 6.60. The van der Waals surface area contributed by atoms with Gasteiger partial charge in [0.2, 0.25) is 0 Å². The van der Waals surface area contributed by atoms with Crippen molar-refractivity contribution < 1.29 is 4.79 Å². The van der Waals surface area contributed by atoms with Crippen molar-refractivity contribution in [1.82, 2.24) is 9.97 Å². The van der Waals surface area contributed by atoms with Crippen molar-refractivity contribution in [1.29, 1.82) is 0 Å². The predicted octanol–water partition coefficient (Wildman–Crippen LogP) is 4.71. The van der Waals surface area contributed by atoms with Gasteiger partial charge in [-0.3, -0.25) is 4.79 Å². The number of nitrogens with one attached hydrogen (secondary N) is 2. The van der Waals surface area contributed by atoms with Crippen LogP contribution in [0.15, 0.2) is 48.8 Å². The minimum atomic E-state index is -0.278. The van der Waals surface area contributed by atoms with Gasteiger partial charge in [0, 0.05) is 11.4 Å². The lowest BCUT2D eigenvalue weighted by molar-refractivity contribution is 0.102. The van der Waals surface area contributed by atoms with E-state index in [1.54, 1.807) is 6.20 Å². The van der Waals surface area contributed by atoms with Crippen molar-refractivity contribution in [3.05, 3.63) is 76.7 Å². The highest BCUT2D eigenvalue weighted by atomic mass is 16.1. The van der Waals surface area contributed by atoms with Gasteiger partial charge in [0.25, 0.3) is 5.91 Å². The largest absolute Gasteiger partial charge is 0.339 e. The SMILES string of the molecule is Cc1cc(C)cc(NC(=O)c2cnc(Nc3ccc(C)c(C)c3)cn2)c1. The summed E-state index contributed by atoms with van der Waals surface area (Å²) < 4.78 is 0. The van der Waals surface area contributed by atoms with Crippen LogP contribution in [0, 0.1) is 27.7 Å². The van der Waals surface area contributed by atoms with E-state index in [-0.39, 0.29) is 11.6 Å². The molecule has 26 heavy (non-hydrogen) atoms. The quantitative estimate of drug-likeness (QED) is 0.718. The molecule has 0 aliphatic carbocycles. The molecule has 0 radical (unpaired) electrons. The van der Waals surface area contributed by atoms with E-state index in [1.807, 2.05) is 32.0 Å². The lowest BCUT2D eigenvalue weighted by atomic mass is 10.1. The summed E-state index contributed by atoms with van der Waals surface area (Å²) in [7, 11) is 0. The summed E-state index contributed by atoms with van der Waals surface area (Å²) in [6, 6.07) is 12.0. The molecule has 0 atom stereocenters. The molecule has 0 aliphatic rings. The number of rotatable bonds is 4. The third-order valence-corrected chi connectivity index (χ3v) is 4.14. The third kappa shape index (κ3) is 4.25. The second-order valence-corrected chi connectivity index (χ2v) is 6.54. The zero-order valence-electron chi connectivity index (χ0n) is 15.4. The van der Waals surface area contributed by atoms with Crippen LogP contribution < -0.4 is 10.6 Å². The van der Waals surface area contributed by atoms with Crippen molar-refractivity contribution in [3.63, 3.8) is 0 Å². The Morgan fingerprint density at radius 1 is 0.808 bits per heavy atom. The molecule has 5 heteroatoms. The van der Waals surface area contributed by atoms with Crippen molar-refractivity contribution >= 4 is 23.1 Å². The Labute approximate surface area is 153 Å². The Balaban J connectivity index is 1.70. The number of hydrogen-bond donors (Lipinski definition) is 2. The van der Waals surface area contributed by atoms with E-state index < -0.39 is 0 Å². The molecule has 0 spiro atoms. The molecule has 0 bridgehead atoms. The molecule has 0 unspecified atom stereocenters. The van der Waals surface area contributed by atoms with Gasteiger partial charge in [-0.25, -0.2) is 9.97 Å². The van der Waals surface area contributed by atoms with Gasteiger partial charge in [-0.15, -0.1) is 0 Å². The minimum Gasteiger partial charge on any atom is -0.339 e. The number of hydrogen-bond acceptors (Lipinski definition) is 4. The van der Waals surface area contributed by atoms with E-state index in [4.69, 9.17) is 0 Å². The first-order chi connectivity index (χ1) is 12.4. The fraction of sp³-hybridized carbons (Fsp3) is 0.190. The maximum Gasteiger partial charge on any atom is 0.275 e. The van der Waals surface area contributed by atoms with Crippen molar-refractivity contribution in [2.24, 2.45) is 0 Å². The molecule has 3 rings (SSSR count). The monoisotopic (exact) mass is 346 g/mol. The maximum absolute atomic E-state index is 12.4. The molecule has 0 saturated carbocycles. The molecule has 0 saturated heterocycles. The molecular formula is C21H22N4O. The van der Waals surface area contributed by atoms with Crippen LogP contribution >= 0.6 is 0 Å². The standard InChI is InChI=1S/C21H22N4O/c1-13-7-14(2)9-18(8-13)25-21(26)19-11-23-20(12-22-19)24-17-6-5-15(3)16(4)10-17/h5-12H,1-4H3,(H,23,24)(H,25,26). The van der Waals surface area contributed by atoms with Crippen LogP contribution in [0.1, 0.15) is 32.7 Å². The second-order valence-electron chi connectivity index (χ2n) is 6.54. The van der Waals surface area contributed by atoms with E-state index in [0.717, 1.165) is 22.5 Å². The Morgan fingerprint density at radius 3 is 2.15 bits per heavy atom. The lowest BCUT2D eigenvalue weighted by Crippen LogP contribution is -2.14. The molecule has 2 aromatic carbocycles. The van der Waals surface area contributed by atoms with Crippen molar-refractivity contribution in [2.45, 2.75) is 27.7 Å². The minimum absolute atomic E-state index is 0.273. The van der Waals surface area contributed by atoms with Crippen LogP contribution in [0.25, 0.3) is 0 Å². The molecular weight excluding hydrogens is 324 g/mol. The van der Waals surface area contributed by atoms with Crippen LogP contribution in [0.5, 0.6) is 0 Å². The molecule has 5 nitrogen and oxygen atoms in total. The Kier molecular flexibility index (Phi) is 4.98. The zero-order valence-corrected chi connectivity index (χ0v) is 15.4. The molecule has 0 aliphatic heterocycles. The fourth-order valence-corrected chi connectivity index (χ4v) is 2.72. The average molecular weight is 346 g/mol. The van der Waals surface area contributed by atoms with Crippen LogP contribution in [-0.4, -0.2) is 15.9 Å². The smallest absolute Gasteiger partial charge is 0.275 e. The number of benzene rings is 2. The summed E-state index contributed by atoms with van der Waals surface area (Å²) in [5, 5.41) is 6.06. The third-order valence-electron chi connectivity index (χ3n) is 4.14.